The highest BCUT2D eigenvalue weighted by Gasteiger charge is 2.45. The molecule has 1 aliphatic carbocycles. The Balaban J connectivity index is 1.68. The lowest BCUT2D eigenvalue weighted by Gasteiger charge is -2.29. The minimum atomic E-state index is -0.943. The van der Waals surface area contributed by atoms with E-state index in [2.05, 4.69) is 0 Å². The molecule has 1 fully saturated rings. The average Bonchev–Trinajstić information content (AvgIpc) is 3.49. The molecule has 0 spiro atoms. The number of benzene rings is 2. The van der Waals surface area contributed by atoms with Crippen LogP contribution in [-0.2, 0) is 9.57 Å². The maximum absolute atomic E-state index is 12.7. The van der Waals surface area contributed by atoms with Crippen LogP contribution in [0.15, 0.2) is 48.5 Å². The summed E-state index contributed by atoms with van der Waals surface area (Å²) in [4.78, 5) is 42.7. The third-order valence-electron chi connectivity index (χ3n) is 4.81. The number of nitrogens with zero attached hydrogens (tertiary/aromatic N) is 1. The summed E-state index contributed by atoms with van der Waals surface area (Å²) >= 11 is 5.97. The van der Waals surface area contributed by atoms with E-state index < -0.39 is 30.1 Å². The molecule has 2 aromatic rings. The van der Waals surface area contributed by atoms with E-state index in [1.54, 1.807) is 48.5 Å². The summed E-state index contributed by atoms with van der Waals surface area (Å²) in [6.07, 6.45) is -0.912. The summed E-state index contributed by atoms with van der Waals surface area (Å²) < 4.78 is 5.31. The van der Waals surface area contributed by atoms with E-state index in [0.717, 1.165) is 17.9 Å². The van der Waals surface area contributed by atoms with Crippen LogP contribution in [0.4, 0.5) is 4.79 Å². The smallest absolute Gasteiger partial charge is 0.404 e. The van der Waals surface area contributed by atoms with Gasteiger partial charge in [-0.25, -0.2) is 4.79 Å². The van der Waals surface area contributed by atoms with Gasteiger partial charge in [0.05, 0.1) is 11.1 Å². The molecule has 1 heterocycles. The summed E-state index contributed by atoms with van der Waals surface area (Å²) in [7, 11) is 0. The summed E-state index contributed by atoms with van der Waals surface area (Å²) in [6, 6.07) is 13.2. The van der Waals surface area contributed by atoms with E-state index >= 15 is 0 Å². The number of halogens is 1. The van der Waals surface area contributed by atoms with Crippen molar-refractivity contribution in [3.63, 3.8) is 0 Å². The number of imide groups is 1. The van der Waals surface area contributed by atoms with Crippen molar-refractivity contribution in [2.45, 2.75) is 25.0 Å². The predicted octanol–water partition coefficient (Wildman–Crippen LogP) is 3.48. The van der Waals surface area contributed by atoms with Gasteiger partial charge in [-0.15, -0.1) is 5.06 Å². The van der Waals surface area contributed by atoms with Crippen LogP contribution in [0.25, 0.3) is 0 Å². The molecule has 28 heavy (non-hydrogen) atoms. The molecular weight excluding hydrogens is 384 g/mol. The summed E-state index contributed by atoms with van der Waals surface area (Å²) in [5.41, 5.74) is 6.39. The van der Waals surface area contributed by atoms with Crippen LogP contribution >= 0.6 is 11.6 Å². The Morgan fingerprint density at radius 2 is 1.61 bits per heavy atom. The van der Waals surface area contributed by atoms with Crippen LogP contribution in [0.3, 0.4) is 0 Å². The molecule has 144 valence electrons. The van der Waals surface area contributed by atoms with Gasteiger partial charge in [0.2, 0.25) is 0 Å². The van der Waals surface area contributed by atoms with Gasteiger partial charge in [-0.3, -0.25) is 14.4 Å². The quantitative estimate of drug-likeness (QED) is 0.748. The van der Waals surface area contributed by atoms with Crippen LogP contribution < -0.4 is 5.73 Å². The molecule has 8 heteroatoms. The number of nitrogens with two attached hydrogens (primary N) is 1. The highest BCUT2D eigenvalue weighted by molar-refractivity contribution is 6.30. The van der Waals surface area contributed by atoms with Crippen molar-refractivity contribution in [2.75, 3.05) is 0 Å². The first-order chi connectivity index (χ1) is 13.5. The highest BCUT2D eigenvalue weighted by Crippen LogP contribution is 2.42. The summed E-state index contributed by atoms with van der Waals surface area (Å²) in [6.45, 7) is 0. The minimum Gasteiger partial charge on any atom is -0.443 e. The normalized spacial score (nSPS) is 18.0. The lowest BCUT2D eigenvalue weighted by atomic mass is 10.0. The van der Waals surface area contributed by atoms with Crippen LogP contribution in [0.1, 0.15) is 45.2 Å². The molecule has 1 aliphatic heterocycles. The first-order valence-corrected chi connectivity index (χ1v) is 9.19. The third-order valence-corrected chi connectivity index (χ3v) is 5.06. The van der Waals surface area contributed by atoms with E-state index in [0.29, 0.717) is 10.6 Å². The average molecular weight is 401 g/mol. The van der Waals surface area contributed by atoms with Crippen LogP contribution in [0.2, 0.25) is 5.02 Å². The van der Waals surface area contributed by atoms with Crippen LogP contribution in [0.5, 0.6) is 0 Å². The fraction of sp³-hybridized carbons (Fsp3) is 0.250. The predicted molar refractivity (Wildman–Crippen MR) is 99.4 cm³/mol. The molecule has 4 rings (SSSR count). The van der Waals surface area contributed by atoms with Crippen molar-refractivity contribution < 1.29 is 24.0 Å². The molecular formula is C20H17ClN2O5. The van der Waals surface area contributed by atoms with Gasteiger partial charge in [-0.05, 0) is 48.6 Å². The van der Waals surface area contributed by atoms with Gasteiger partial charge in [0.15, 0.2) is 0 Å². The molecule has 2 aromatic carbocycles. The van der Waals surface area contributed by atoms with Gasteiger partial charge in [0, 0.05) is 5.02 Å². The summed E-state index contributed by atoms with van der Waals surface area (Å²) in [5.74, 6) is -1.09. The first-order valence-electron chi connectivity index (χ1n) is 8.82. The van der Waals surface area contributed by atoms with E-state index in [-0.39, 0.29) is 17.0 Å². The fourth-order valence-corrected chi connectivity index (χ4v) is 3.43. The molecule has 2 N–H and O–H groups in total. The third kappa shape index (κ3) is 3.46. The second kappa shape index (κ2) is 7.26. The Morgan fingerprint density at radius 1 is 1.04 bits per heavy atom. The molecule has 2 aliphatic rings. The van der Waals surface area contributed by atoms with Gasteiger partial charge in [-0.2, -0.15) is 0 Å². The lowest BCUT2D eigenvalue weighted by molar-refractivity contribution is -0.170. The van der Waals surface area contributed by atoms with E-state index in [4.69, 9.17) is 26.9 Å². The Morgan fingerprint density at radius 3 is 2.11 bits per heavy atom. The van der Waals surface area contributed by atoms with Crippen LogP contribution in [-0.4, -0.2) is 29.1 Å². The number of hydrogen-bond donors (Lipinski definition) is 1. The first kappa shape index (κ1) is 18.5. The molecule has 7 nitrogen and oxygen atoms in total. The van der Waals surface area contributed by atoms with Crippen molar-refractivity contribution in [1.29, 1.82) is 0 Å². The van der Waals surface area contributed by atoms with Crippen molar-refractivity contribution in [3.05, 3.63) is 70.2 Å². The van der Waals surface area contributed by atoms with Crippen LogP contribution in [0, 0.1) is 5.92 Å². The molecule has 3 amide bonds. The topological polar surface area (TPSA) is 98.9 Å². The number of hydrogen-bond acceptors (Lipinski definition) is 5. The summed E-state index contributed by atoms with van der Waals surface area (Å²) in [5, 5.41) is 1.24. The number of ether oxygens (including phenoxy) is 1. The molecule has 0 aromatic heterocycles. The van der Waals surface area contributed by atoms with E-state index in [9.17, 15) is 14.4 Å². The number of carbonyl (C=O) groups excluding carboxylic acids is 3. The SMILES string of the molecule is NC(=O)O[C@@H](C1CC1)C(ON1C(=O)c2ccccc2C1=O)c1ccc(Cl)cc1. The second-order valence-corrected chi connectivity index (χ2v) is 7.20. The number of amides is 3. The van der Waals surface area contributed by atoms with Crippen molar-refractivity contribution in [3.8, 4) is 0 Å². The molecule has 2 atom stereocenters. The number of hydroxylamine groups is 2. The van der Waals surface area contributed by atoms with Crippen molar-refractivity contribution >= 4 is 29.5 Å². The van der Waals surface area contributed by atoms with E-state index in [1.807, 2.05) is 0 Å². The highest BCUT2D eigenvalue weighted by atomic mass is 35.5. The molecule has 0 radical (unpaired) electrons. The molecule has 1 saturated carbocycles. The van der Waals surface area contributed by atoms with Gasteiger partial charge >= 0.3 is 6.09 Å². The zero-order valence-electron chi connectivity index (χ0n) is 14.7. The molecule has 1 unspecified atom stereocenters. The second-order valence-electron chi connectivity index (χ2n) is 6.77. The van der Waals surface area contributed by atoms with Gasteiger partial charge < -0.3 is 10.5 Å². The zero-order chi connectivity index (χ0) is 19.8. The number of primary amides is 1. The van der Waals surface area contributed by atoms with Gasteiger partial charge in [0.1, 0.15) is 12.2 Å². The number of rotatable bonds is 6. The molecule has 0 bridgehead atoms. The standard InChI is InChI=1S/C20H17ClN2O5/c21-13-9-7-12(8-10-13)17(16(11-5-6-11)27-20(22)26)28-23-18(24)14-3-1-2-4-15(14)19(23)25/h1-4,7-11,16-17H,5-6H2,(H2,22,26)/t16-,17?/m0/s1. The zero-order valence-corrected chi connectivity index (χ0v) is 15.5. The monoisotopic (exact) mass is 400 g/mol. The minimum absolute atomic E-state index is 0.0309. The van der Waals surface area contributed by atoms with Crippen molar-refractivity contribution in [1.82, 2.24) is 5.06 Å². The van der Waals surface area contributed by atoms with Gasteiger partial charge in [-0.1, -0.05) is 35.9 Å². The Bertz CT molecular complexity index is 907. The van der Waals surface area contributed by atoms with E-state index in [1.165, 1.54) is 0 Å². The molecule has 0 saturated heterocycles. The Kier molecular flexibility index (Phi) is 4.78. The van der Waals surface area contributed by atoms with Gasteiger partial charge in [0.25, 0.3) is 11.8 Å². The van der Waals surface area contributed by atoms with Crippen molar-refractivity contribution in [2.24, 2.45) is 11.7 Å². The maximum Gasteiger partial charge on any atom is 0.404 e. The Labute approximate surface area is 165 Å². The fourth-order valence-electron chi connectivity index (χ4n) is 3.30. The lowest BCUT2D eigenvalue weighted by Crippen LogP contribution is -2.38. The maximum atomic E-state index is 12.7. The number of carbonyl (C=O) groups is 3. The Hall–Kier alpha value is -2.90. The largest absolute Gasteiger partial charge is 0.443 e. The number of fused-ring (bicyclic) bond motifs is 1.